The monoisotopic (exact) mass is 339 g/mol. The summed E-state index contributed by atoms with van der Waals surface area (Å²) in [7, 11) is 0. The third kappa shape index (κ3) is 4.27. The summed E-state index contributed by atoms with van der Waals surface area (Å²) in [6.45, 7) is 4.26. The second-order valence-electron chi connectivity index (χ2n) is 5.87. The second kappa shape index (κ2) is 7.37. The van der Waals surface area contributed by atoms with Gasteiger partial charge < -0.3 is 15.1 Å². The molecule has 130 valence electrons. The molecule has 1 aromatic carbocycles. The van der Waals surface area contributed by atoms with Crippen LogP contribution in [0, 0.1) is 11.6 Å². The van der Waals surface area contributed by atoms with Gasteiger partial charge in [-0.3, -0.25) is 14.4 Å². The number of benzene rings is 1. The van der Waals surface area contributed by atoms with E-state index >= 15 is 0 Å². The predicted octanol–water partition coefficient (Wildman–Crippen LogP) is 0.774. The molecule has 1 aliphatic heterocycles. The summed E-state index contributed by atoms with van der Waals surface area (Å²) in [6, 6.07) is 2.49. The molecule has 2 rings (SSSR count). The van der Waals surface area contributed by atoms with Crippen molar-refractivity contribution in [3.8, 4) is 0 Å². The van der Waals surface area contributed by atoms with Crippen molar-refractivity contribution in [3.05, 3.63) is 35.4 Å². The molecule has 8 heteroatoms. The first-order valence-corrected chi connectivity index (χ1v) is 7.63. The van der Waals surface area contributed by atoms with E-state index in [2.05, 4.69) is 5.32 Å². The molecule has 1 aliphatic rings. The molecule has 3 amide bonds. The van der Waals surface area contributed by atoms with Gasteiger partial charge in [0.2, 0.25) is 0 Å². The zero-order valence-corrected chi connectivity index (χ0v) is 13.5. The minimum absolute atomic E-state index is 0.0789. The van der Waals surface area contributed by atoms with Crippen molar-refractivity contribution in [2.24, 2.45) is 0 Å². The van der Waals surface area contributed by atoms with Crippen LogP contribution in [0.3, 0.4) is 0 Å². The number of amides is 3. The normalized spacial score (nSPS) is 14.7. The van der Waals surface area contributed by atoms with Gasteiger partial charge in [0, 0.05) is 43.9 Å². The first kappa shape index (κ1) is 17.8. The summed E-state index contributed by atoms with van der Waals surface area (Å²) >= 11 is 0. The number of piperazine rings is 1. The Kier molecular flexibility index (Phi) is 5.48. The SMILES string of the molecule is CC(C)NC(=O)C(=O)N1CCN(C(=O)c2cc(F)cc(F)c2)CC1. The van der Waals surface area contributed by atoms with E-state index in [9.17, 15) is 23.2 Å². The van der Waals surface area contributed by atoms with E-state index in [0.717, 1.165) is 12.1 Å². The molecular formula is C16H19F2N3O3. The van der Waals surface area contributed by atoms with Crippen LogP contribution in [0.1, 0.15) is 24.2 Å². The Hall–Kier alpha value is -2.51. The van der Waals surface area contributed by atoms with Crippen molar-refractivity contribution in [1.29, 1.82) is 0 Å². The molecule has 0 aromatic heterocycles. The van der Waals surface area contributed by atoms with Crippen LogP contribution in [-0.4, -0.2) is 59.7 Å². The minimum Gasteiger partial charge on any atom is -0.346 e. The number of hydrogen-bond donors (Lipinski definition) is 1. The number of hydrogen-bond acceptors (Lipinski definition) is 3. The number of rotatable bonds is 2. The van der Waals surface area contributed by atoms with Gasteiger partial charge in [0.1, 0.15) is 11.6 Å². The molecule has 0 spiro atoms. The van der Waals surface area contributed by atoms with Crippen molar-refractivity contribution >= 4 is 17.7 Å². The molecule has 1 saturated heterocycles. The fourth-order valence-electron chi connectivity index (χ4n) is 2.44. The molecule has 1 aromatic rings. The van der Waals surface area contributed by atoms with Gasteiger partial charge in [-0.25, -0.2) is 8.78 Å². The maximum Gasteiger partial charge on any atom is 0.312 e. The highest BCUT2D eigenvalue weighted by Gasteiger charge is 2.28. The number of carbonyl (C=O) groups is 3. The minimum atomic E-state index is -0.822. The topological polar surface area (TPSA) is 69.7 Å². The standard InChI is InChI=1S/C16H19F2N3O3/c1-10(2)19-14(22)16(24)21-5-3-20(4-6-21)15(23)11-7-12(17)9-13(18)8-11/h7-10H,3-6H2,1-2H3,(H,19,22). The van der Waals surface area contributed by atoms with E-state index in [0.29, 0.717) is 6.07 Å². The number of nitrogens with one attached hydrogen (secondary N) is 1. The zero-order valence-electron chi connectivity index (χ0n) is 13.5. The number of halogens is 2. The fraction of sp³-hybridized carbons (Fsp3) is 0.438. The predicted molar refractivity (Wildman–Crippen MR) is 82.1 cm³/mol. The van der Waals surface area contributed by atoms with Gasteiger partial charge in [0.25, 0.3) is 5.91 Å². The van der Waals surface area contributed by atoms with E-state index < -0.39 is 29.4 Å². The molecule has 1 N–H and O–H groups in total. The van der Waals surface area contributed by atoms with Crippen LogP contribution < -0.4 is 5.32 Å². The van der Waals surface area contributed by atoms with Gasteiger partial charge in [-0.2, -0.15) is 0 Å². The van der Waals surface area contributed by atoms with Crippen molar-refractivity contribution in [2.75, 3.05) is 26.2 Å². The summed E-state index contributed by atoms with van der Waals surface area (Å²) in [4.78, 5) is 38.7. The largest absolute Gasteiger partial charge is 0.346 e. The highest BCUT2D eigenvalue weighted by Crippen LogP contribution is 2.13. The van der Waals surface area contributed by atoms with Gasteiger partial charge in [0.05, 0.1) is 0 Å². The van der Waals surface area contributed by atoms with Crippen molar-refractivity contribution in [3.63, 3.8) is 0 Å². The first-order valence-electron chi connectivity index (χ1n) is 7.63. The van der Waals surface area contributed by atoms with Crippen LogP contribution >= 0.6 is 0 Å². The van der Waals surface area contributed by atoms with Crippen molar-refractivity contribution in [2.45, 2.75) is 19.9 Å². The molecule has 0 atom stereocenters. The summed E-state index contributed by atoms with van der Waals surface area (Å²) < 4.78 is 26.4. The summed E-state index contributed by atoms with van der Waals surface area (Å²) in [5.41, 5.74) is -0.0789. The summed E-state index contributed by atoms with van der Waals surface area (Å²) in [5, 5.41) is 2.52. The Morgan fingerprint density at radius 3 is 1.96 bits per heavy atom. The first-order chi connectivity index (χ1) is 11.3. The molecule has 1 heterocycles. The average Bonchev–Trinajstić information content (AvgIpc) is 2.52. The van der Waals surface area contributed by atoms with E-state index in [1.54, 1.807) is 13.8 Å². The van der Waals surface area contributed by atoms with Gasteiger partial charge in [-0.15, -0.1) is 0 Å². The molecule has 0 unspecified atom stereocenters. The van der Waals surface area contributed by atoms with E-state index in [1.807, 2.05) is 0 Å². The van der Waals surface area contributed by atoms with Crippen LogP contribution in [0.15, 0.2) is 18.2 Å². The zero-order chi connectivity index (χ0) is 17.9. The highest BCUT2D eigenvalue weighted by molar-refractivity contribution is 6.35. The maximum absolute atomic E-state index is 13.2. The molecule has 1 fully saturated rings. The van der Waals surface area contributed by atoms with Crippen LogP contribution in [0.25, 0.3) is 0 Å². The lowest BCUT2D eigenvalue weighted by molar-refractivity contribution is -0.147. The Balaban J connectivity index is 1.96. The average molecular weight is 339 g/mol. The number of carbonyl (C=O) groups excluding carboxylic acids is 3. The lowest BCUT2D eigenvalue weighted by atomic mass is 10.1. The third-order valence-corrected chi connectivity index (χ3v) is 3.58. The molecule has 0 saturated carbocycles. The van der Waals surface area contributed by atoms with E-state index in [4.69, 9.17) is 0 Å². The lowest BCUT2D eigenvalue weighted by Crippen LogP contribution is -2.54. The lowest BCUT2D eigenvalue weighted by Gasteiger charge is -2.34. The maximum atomic E-state index is 13.2. The van der Waals surface area contributed by atoms with Crippen molar-refractivity contribution < 1.29 is 23.2 Å². The van der Waals surface area contributed by atoms with Gasteiger partial charge in [-0.05, 0) is 26.0 Å². The van der Waals surface area contributed by atoms with E-state index in [1.165, 1.54) is 9.80 Å². The second-order valence-corrected chi connectivity index (χ2v) is 5.87. The highest BCUT2D eigenvalue weighted by atomic mass is 19.1. The van der Waals surface area contributed by atoms with Crippen LogP contribution in [0.4, 0.5) is 8.78 Å². The van der Waals surface area contributed by atoms with Crippen LogP contribution in [0.2, 0.25) is 0 Å². The molecular weight excluding hydrogens is 320 g/mol. The molecule has 0 radical (unpaired) electrons. The molecule has 24 heavy (non-hydrogen) atoms. The Bertz CT molecular complexity index is 636. The molecule has 0 aliphatic carbocycles. The number of nitrogens with zero attached hydrogens (tertiary/aromatic N) is 2. The Labute approximate surface area is 138 Å². The fourth-order valence-corrected chi connectivity index (χ4v) is 2.44. The van der Waals surface area contributed by atoms with Crippen LogP contribution in [-0.2, 0) is 9.59 Å². The van der Waals surface area contributed by atoms with Gasteiger partial charge >= 0.3 is 11.8 Å². The van der Waals surface area contributed by atoms with Crippen molar-refractivity contribution in [1.82, 2.24) is 15.1 Å². The summed E-state index contributed by atoms with van der Waals surface area (Å²) in [6.07, 6.45) is 0. The Morgan fingerprint density at radius 2 is 1.46 bits per heavy atom. The van der Waals surface area contributed by atoms with Gasteiger partial charge in [0.15, 0.2) is 0 Å². The molecule has 0 bridgehead atoms. The smallest absolute Gasteiger partial charge is 0.312 e. The van der Waals surface area contributed by atoms with E-state index in [-0.39, 0.29) is 37.8 Å². The van der Waals surface area contributed by atoms with Gasteiger partial charge in [-0.1, -0.05) is 0 Å². The van der Waals surface area contributed by atoms with Crippen LogP contribution in [0.5, 0.6) is 0 Å². The third-order valence-electron chi connectivity index (χ3n) is 3.58. The quantitative estimate of drug-likeness (QED) is 0.810. The summed E-state index contributed by atoms with van der Waals surface area (Å²) in [5.74, 6) is -3.48. The molecule has 6 nitrogen and oxygen atoms in total. The Morgan fingerprint density at radius 1 is 0.958 bits per heavy atom.